The molecule has 0 saturated heterocycles. The Hall–Kier alpha value is -1.71. The van der Waals surface area contributed by atoms with Crippen molar-refractivity contribution in [2.75, 3.05) is 10.6 Å². The van der Waals surface area contributed by atoms with Crippen molar-refractivity contribution in [2.45, 2.75) is 39.8 Å². The molecule has 0 fully saturated rings. The van der Waals surface area contributed by atoms with Gasteiger partial charge in [-0.2, -0.15) is 0 Å². The van der Waals surface area contributed by atoms with E-state index in [-0.39, 0.29) is 5.91 Å². The summed E-state index contributed by atoms with van der Waals surface area (Å²) >= 11 is 0. The van der Waals surface area contributed by atoms with E-state index in [2.05, 4.69) is 31.4 Å². The first kappa shape index (κ1) is 12.7. The maximum Gasteiger partial charge on any atom is 0.265 e. The number of hydrogen-bond acceptors (Lipinski definition) is 3. The van der Waals surface area contributed by atoms with E-state index >= 15 is 0 Å². The fourth-order valence-electron chi connectivity index (χ4n) is 1.73. The molecule has 18 heavy (non-hydrogen) atoms. The fourth-order valence-corrected chi connectivity index (χ4v) is 1.73. The van der Waals surface area contributed by atoms with Gasteiger partial charge in [0.25, 0.3) is 5.91 Å². The third-order valence-electron chi connectivity index (χ3n) is 3.30. The Morgan fingerprint density at radius 1 is 1.33 bits per heavy atom. The molecule has 98 valence electrons. The third-order valence-corrected chi connectivity index (χ3v) is 3.30. The number of rotatable bonds is 3. The average molecular weight is 248 g/mol. The van der Waals surface area contributed by atoms with Crippen LogP contribution in [0, 0.1) is 5.92 Å². The Morgan fingerprint density at radius 3 is 2.72 bits per heavy atom. The van der Waals surface area contributed by atoms with Crippen LogP contribution in [-0.4, -0.2) is 18.1 Å². The number of nitrogens with one attached hydrogen (secondary N) is 2. The maximum absolute atomic E-state index is 11.5. The summed E-state index contributed by atoms with van der Waals surface area (Å²) in [6.45, 7) is 8.22. The molecule has 2 N–H and O–H groups in total. The quantitative estimate of drug-likeness (QED) is 0.864. The predicted octanol–water partition coefficient (Wildman–Crippen LogP) is 2.86. The first-order valence-corrected chi connectivity index (χ1v) is 6.35. The highest BCUT2D eigenvalue weighted by atomic mass is 16.5. The molecular weight excluding hydrogens is 228 g/mol. The van der Waals surface area contributed by atoms with E-state index in [0.29, 0.717) is 12.0 Å². The van der Waals surface area contributed by atoms with Crippen molar-refractivity contribution in [1.82, 2.24) is 0 Å². The second-order valence-electron chi connectivity index (χ2n) is 5.14. The molecule has 1 aromatic rings. The number of fused-ring (bicyclic) bond motifs is 1. The number of ether oxygens (including phenoxy) is 1. The van der Waals surface area contributed by atoms with E-state index in [1.165, 1.54) is 0 Å². The molecule has 0 radical (unpaired) electrons. The molecule has 2 unspecified atom stereocenters. The molecule has 1 aliphatic rings. The van der Waals surface area contributed by atoms with Gasteiger partial charge in [0.2, 0.25) is 0 Å². The van der Waals surface area contributed by atoms with Gasteiger partial charge in [-0.15, -0.1) is 0 Å². The zero-order valence-corrected chi connectivity index (χ0v) is 11.3. The van der Waals surface area contributed by atoms with Crippen molar-refractivity contribution >= 4 is 17.3 Å². The van der Waals surface area contributed by atoms with Gasteiger partial charge >= 0.3 is 0 Å². The highest BCUT2D eigenvalue weighted by molar-refractivity contribution is 5.98. The predicted molar refractivity (Wildman–Crippen MR) is 73.1 cm³/mol. The molecular formula is C14H20N2O2. The second kappa shape index (κ2) is 4.88. The SMILES string of the molecule is CC1Oc2ccc(NC(C)C(C)C)cc2NC1=O. The van der Waals surface area contributed by atoms with Gasteiger partial charge in [0.05, 0.1) is 5.69 Å². The molecule has 1 aliphatic heterocycles. The normalized spacial score (nSPS) is 19.8. The maximum atomic E-state index is 11.5. The topological polar surface area (TPSA) is 50.4 Å². The minimum Gasteiger partial charge on any atom is -0.479 e. The van der Waals surface area contributed by atoms with Crippen molar-refractivity contribution in [3.63, 3.8) is 0 Å². The van der Waals surface area contributed by atoms with E-state index in [0.717, 1.165) is 17.1 Å². The van der Waals surface area contributed by atoms with E-state index in [4.69, 9.17) is 4.74 Å². The van der Waals surface area contributed by atoms with Crippen LogP contribution >= 0.6 is 0 Å². The zero-order chi connectivity index (χ0) is 13.3. The van der Waals surface area contributed by atoms with Gasteiger partial charge in [0.15, 0.2) is 6.10 Å². The standard InChI is InChI=1S/C14H20N2O2/c1-8(2)9(3)15-11-5-6-13-12(7-11)16-14(17)10(4)18-13/h5-10,15H,1-4H3,(H,16,17). The molecule has 1 aromatic carbocycles. The monoisotopic (exact) mass is 248 g/mol. The minimum atomic E-state index is -0.425. The number of anilines is 2. The summed E-state index contributed by atoms with van der Waals surface area (Å²) < 4.78 is 5.51. The first-order chi connectivity index (χ1) is 8.47. The first-order valence-electron chi connectivity index (χ1n) is 6.35. The smallest absolute Gasteiger partial charge is 0.265 e. The zero-order valence-electron chi connectivity index (χ0n) is 11.3. The molecule has 2 rings (SSSR count). The number of benzene rings is 1. The highest BCUT2D eigenvalue weighted by Crippen LogP contribution is 2.32. The molecule has 0 spiro atoms. The van der Waals surface area contributed by atoms with Crippen LogP contribution in [0.1, 0.15) is 27.7 Å². The number of carbonyl (C=O) groups is 1. The van der Waals surface area contributed by atoms with Crippen LogP contribution < -0.4 is 15.4 Å². The third kappa shape index (κ3) is 2.58. The van der Waals surface area contributed by atoms with Crippen molar-refractivity contribution in [2.24, 2.45) is 5.92 Å². The molecule has 0 aliphatic carbocycles. The number of amides is 1. The largest absolute Gasteiger partial charge is 0.479 e. The lowest BCUT2D eigenvalue weighted by atomic mass is 10.1. The van der Waals surface area contributed by atoms with Gasteiger partial charge < -0.3 is 15.4 Å². The summed E-state index contributed by atoms with van der Waals surface area (Å²) in [5.41, 5.74) is 1.73. The Bertz CT molecular complexity index is 457. The summed E-state index contributed by atoms with van der Waals surface area (Å²) in [6.07, 6.45) is -0.425. The van der Waals surface area contributed by atoms with Crippen LogP contribution in [0.3, 0.4) is 0 Å². The van der Waals surface area contributed by atoms with Gasteiger partial charge in [-0.05, 0) is 38.0 Å². The number of carbonyl (C=O) groups excluding carboxylic acids is 1. The van der Waals surface area contributed by atoms with Crippen LogP contribution in [0.5, 0.6) is 5.75 Å². The molecule has 4 nitrogen and oxygen atoms in total. The summed E-state index contributed by atoms with van der Waals surface area (Å²) in [5.74, 6) is 1.17. The Labute approximate surface area is 108 Å². The van der Waals surface area contributed by atoms with Crippen LogP contribution in [0.25, 0.3) is 0 Å². The van der Waals surface area contributed by atoms with Crippen LogP contribution in [0.15, 0.2) is 18.2 Å². The summed E-state index contributed by atoms with van der Waals surface area (Å²) in [5, 5.41) is 6.26. The Morgan fingerprint density at radius 2 is 2.06 bits per heavy atom. The van der Waals surface area contributed by atoms with Gasteiger partial charge in [0.1, 0.15) is 5.75 Å². The molecule has 4 heteroatoms. The molecule has 2 atom stereocenters. The van der Waals surface area contributed by atoms with Crippen LogP contribution in [-0.2, 0) is 4.79 Å². The lowest BCUT2D eigenvalue weighted by Gasteiger charge is -2.25. The van der Waals surface area contributed by atoms with Crippen molar-refractivity contribution in [3.8, 4) is 5.75 Å². The average Bonchev–Trinajstić information content (AvgIpc) is 2.31. The molecule has 0 aromatic heterocycles. The fraction of sp³-hybridized carbons (Fsp3) is 0.500. The van der Waals surface area contributed by atoms with E-state index in [9.17, 15) is 4.79 Å². The molecule has 1 amide bonds. The van der Waals surface area contributed by atoms with Gasteiger partial charge in [0, 0.05) is 11.7 Å². The minimum absolute atomic E-state index is 0.100. The summed E-state index contributed by atoms with van der Waals surface area (Å²) in [4.78, 5) is 11.5. The summed E-state index contributed by atoms with van der Waals surface area (Å²) in [7, 11) is 0. The van der Waals surface area contributed by atoms with Crippen LogP contribution in [0.4, 0.5) is 11.4 Å². The Kier molecular flexibility index (Phi) is 3.45. The van der Waals surface area contributed by atoms with Gasteiger partial charge in [-0.3, -0.25) is 4.79 Å². The van der Waals surface area contributed by atoms with Gasteiger partial charge in [-0.1, -0.05) is 13.8 Å². The summed E-state index contributed by atoms with van der Waals surface area (Å²) in [6, 6.07) is 6.16. The van der Waals surface area contributed by atoms with E-state index < -0.39 is 6.10 Å². The Balaban J connectivity index is 2.17. The lowest BCUT2D eigenvalue weighted by Crippen LogP contribution is -2.34. The molecule has 1 heterocycles. The molecule has 0 bridgehead atoms. The van der Waals surface area contributed by atoms with E-state index in [1.54, 1.807) is 6.92 Å². The van der Waals surface area contributed by atoms with Crippen molar-refractivity contribution in [3.05, 3.63) is 18.2 Å². The molecule has 0 saturated carbocycles. The van der Waals surface area contributed by atoms with E-state index in [1.807, 2.05) is 18.2 Å². The second-order valence-corrected chi connectivity index (χ2v) is 5.14. The van der Waals surface area contributed by atoms with Crippen molar-refractivity contribution < 1.29 is 9.53 Å². The van der Waals surface area contributed by atoms with Crippen LogP contribution in [0.2, 0.25) is 0 Å². The van der Waals surface area contributed by atoms with Crippen molar-refractivity contribution in [1.29, 1.82) is 0 Å². The number of hydrogen-bond donors (Lipinski definition) is 2. The lowest BCUT2D eigenvalue weighted by molar-refractivity contribution is -0.122. The van der Waals surface area contributed by atoms with Gasteiger partial charge in [-0.25, -0.2) is 0 Å². The highest BCUT2D eigenvalue weighted by Gasteiger charge is 2.23.